The standard InChI is InChI=1S/C16H17ClFN5O/c17-12-2-3-13(18)14(10-12)21-15(24)11-22-6-8-23(9-7-22)16-19-4-1-5-20-16/h1-5,10H,6-9,11H2,(H,21,24). The highest BCUT2D eigenvalue weighted by Gasteiger charge is 2.20. The topological polar surface area (TPSA) is 61.4 Å². The number of amides is 1. The van der Waals surface area contributed by atoms with Crippen LogP contribution in [-0.2, 0) is 4.79 Å². The maximum atomic E-state index is 13.6. The molecule has 0 aliphatic carbocycles. The van der Waals surface area contributed by atoms with Gasteiger partial charge >= 0.3 is 0 Å². The van der Waals surface area contributed by atoms with Crippen molar-refractivity contribution in [2.24, 2.45) is 0 Å². The second-order valence-corrected chi connectivity index (χ2v) is 5.92. The molecular formula is C16H17ClFN5O. The number of nitrogens with one attached hydrogen (secondary N) is 1. The first kappa shape index (κ1) is 16.6. The lowest BCUT2D eigenvalue weighted by Crippen LogP contribution is -2.49. The molecule has 1 fully saturated rings. The van der Waals surface area contributed by atoms with E-state index in [2.05, 4.69) is 20.2 Å². The zero-order valence-corrected chi connectivity index (χ0v) is 13.7. The van der Waals surface area contributed by atoms with Crippen LogP contribution in [0.15, 0.2) is 36.7 Å². The molecule has 0 atom stereocenters. The van der Waals surface area contributed by atoms with Crippen molar-refractivity contribution in [3.05, 3.63) is 47.5 Å². The lowest BCUT2D eigenvalue weighted by molar-refractivity contribution is -0.117. The minimum Gasteiger partial charge on any atom is -0.338 e. The number of carbonyl (C=O) groups is 1. The highest BCUT2D eigenvalue weighted by molar-refractivity contribution is 6.30. The number of hydrogen-bond donors (Lipinski definition) is 1. The zero-order chi connectivity index (χ0) is 16.9. The van der Waals surface area contributed by atoms with E-state index in [0.29, 0.717) is 24.1 Å². The number of piperazine rings is 1. The van der Waals surface area contributed by atoms with E-state index in [1.165, 1.54) is 18.2 Å². The summed E-state index contributed by atoms with van der Waals surface area (Å²) in [6.07, 6.45) is 3.42. The van der Waals surface area contributed by atoms with Gasteiger partial charge in [0.05, 0.1) is 12.2 Å². The Balaban J connectivity index is 1.51. The first-order valence-electron chi connectivity index (χ1n) is 7.61. The predicted molar refractivity (Wildman–Crippen MR) is 90.7 cm³/mol. The van der Waals surface area contributed by atoms with Gasteiger partial charge in [0.15, 0.2) is 0 Å². The second-order valence-electron chi connectivity index (χ2n) is 5.48. The van der Waals surface area contributed by atoms with Gasteiger partial charge in [-0.3, -0.25) is 9.69 Å². The number of rotatable bonds is 4. The number of halogens is 2. The van der Waals surface area contributed by atoms with Gasteiger partial charge in [-0.1, -0.05) is 11.6 Å². The largest absolute Gasteiger partial charge is 0.338 e. The molecule has 1 aromatic carbocycles. The molecule has 6 nitrogen and oxygen atoms in total. The van der Waals surface area contributed by atoms with Gasteiger partial charge < -0.3 is 10.2 Å². The molecule has 1 saturated heterocycles. The van der Waals surface area contributed by atoms with Crippen LogP contribution >= 0.6 is 11.6 Å². The summed E-state index contributed by atoms with van der Waals surface area (Å²) in [5.74, 6) is -0.0676. The molecule has 2 aromatic rings. The molecule has 2 heterocycles. The maximum absolute atomic E-state index is 13.6. The summed E-state index contributed by atoms with van der Waals surface area (Å²) in [4.78, 5) is 24.6. The quantitative estimate of drug-likeness (QED) is 0.915. The Morgan fingerprint density at radius 1 is 1.21 bits per heavy atom. The third-order valence-corrected chi connectivity index (χ3v) is 4.01. The van der Waals surface area contributed by atoms with Crippen molar-refractivity contribution in [3.63, 3.8) is 0 Å². The fourth-order valence-corrected chi connectivity index (χ4v) is 2.72. The van der Waals surface area contributed by atoms with Crippen molar-refractivity contribution in [2.45, 2.75) is 0 Å². The number of carbonyl (C=O) groups excluding carboxylic acids is 1. The summed E-state index contributed by atoms with van der Waals surface area (Å²) in [5.41, 5.74) is 0.101. The molecule has 1 N–H and O–H groups in total. The Morgan fingerprint density at radius 3 is 2.62 bits per heavy atom. The van der Waals surface area contributed by atoms with Gasteiger partial charge in [0, 0.05) is 43.6 Å². The van der Waals surface area contributed by atoms with Crippen molar-refractivity contribution in [3.8, 4) is 0 Å². The molecule has 1 amide bonds. The van der Waals surface area contributed by atoms with Crippen LogP contribution in [0.25, 0.3) is 0 Å². The number of aromatic nitrogens is 2. The van der Waals surface area contributed by atoms with Crippen molar-refractivity contribution in [2.75, 3.05) is 42.9 Å². The van der Waals surface area contributed by atoms with E-state index in [1.54, 1.807) is 18.5 Å². The van der Waals surface area contributed by atoms with Crippen LogP contribution in [0, 0.1) is 5.82 Å². The first-order chi connectivity index (χ1) is 11.6. The molecule has 0 radical (unpaired) electrons. The number of benzene rings is 1. The fourth-order valence-electron chi connectivity index (χ4n) is 2.55. The van der Waals surface area contributed by atoms with Crippen molar-refractivity contribution >= 4 is 29.1 Å². The summed E-state index contributed by atoms with van der Waals surface area (Å²) >= 11 is 5.82. The van der Waals surface area contributed by atoms with E-state index in [1.807, 2.05) is 4.90 Å². The monoisotopic (exact) mass is 349 g/mol. The van der Waals surface area contributed by atoms with E-state index >= 15 is 0 Å². The van der Waals surface area contributed by atoms with Crippen LogP contribution in [0.4, 0.5) is 16.0 Å². The lowest BCUT2D eigenvalue weighted by Gasteiger charge is -2.34. The zero-order valence-electron chi connectivity index (χ0n) is 13.0. The van der Waals surface area contributed by atoms with Gasteiger partial charge in [-0.05, 0) is 24.3 Å². The Labute approximate surface area is 144 Å². The SMILES string of the molecule is O=C(CN1CCN(c2ncccn2)CC1)Nc1cc(Cl)ccc1F. The smallest absolute Gasteiger partial charge is 0.238 e. The van der Waals surface area contributed by atoms with Crippen LogP contribution in [0.3, 0.4) is 0 Å². The van der Waals surface area contributed by atoms with Crippen molar-refractivity contribution in [1.82, 2.24) is 14.9 Å². The fraction of sp³-hybridized carbons (Fsp3) is 0.312. The van der Waals surface area contributed by atoms with E-state index < -0.39 is 5.82 Å². The first-order valence-corrected chi connectivity index (χ1v) is 7.99. The molecule has 3 rings (SSSR count). The second kappa shape index (κ2) is 7.55. The Morgan fingerprint density at radius 2 is 1.92 bits per heavy atom. The average molecular weight is 350 g/mol. The highest BCUT2D eigenvalue weighted by Crippen LogP contribution is 2.19. The summed E-state index contributed by atoms with van der Waals surface area (Å²) in [6.45, 7) is 3.11. The molecule has 1 aromatic heterocycles. The van der Waals surface area contributed by atoms with Crippen molar-refractivity contribution < 1.29 is 9.18 Å². The van der Waals surface area contributed by atoms with Gasteiger partial charge in [-0.25, -0.2) is 14.4 Å². The molecule has 0 bridgehead atoms. The predicted octanol–water partition coefficient (Wildman–Crippen LogP) is 2.03. The molecule has 0 spiro atoms. The summed E-state index contributed by atoms with van der Waals surface area (Å²) < 4.78 is 13.6. The van der Waals surface area contributed by atoms with Crippen molar-refractivity contribution in [1.29, 1.82) is 0 Å². The van der Waals surface area contributed by atoms with Gasteiger partial charge in [0.25, 0.3) is 0 Å². The van der Waals surface area contributed by atoms with E-state index in [0.717, 1.165) is 13.1 Å². The Hall–Kier alpha value is -2.25. The lowest BCUT2D eigenvalue weighted by atomic mass is 10.3. The van der Waals surface area contributed by atoms with Crippen LogP contribution < -0.4 is 10.2 Å². The van der Waals surface area contributed by atoms with Crippen LogP contribution in [0.1, 0.15) is 0 Å². The minimum atomic E-state index is -0.501. The van der Waals surface area contributed by atoms with E-state index in [-0.39, 0.29) is 18.1 Å². The van der Waals surface area contributed by atoms with Crippen LogP contribution in [0.2, 0.25) is 5.02 Å². The average Bonchev–Trinajstić information content (AvgIpc) is 2.59. The van der Waals surface area contributed by atoms with Gasteiger partial charge in [-0.2, -0.15) is 0 Å². The number of nitrogens with zero attached hydrogens (tertiary/aromatic N) is 4. The third kappa shape index (κ3) is 4.18. The molecule has 0 saturated carbocycles. The third-order valence-electron chi connectivity index (χ3n) is 3.78. The van der Waals surface area contributed by atoms with E-state index in [9.17, 15) is 9.18 Å². The highest BCUT2D eigenvalue weighted by atomic mass is 35.5. The number of anilines is 2. The van der Waals surface area contributed by atoms with Gasteiger partial charge in [-0.15, -0.1) is 0 Å². The molecule has 0 unspecified atom stereocenters. The normalized spacial score (nSPS) is 15.3. The molecule has 8 heteroatoms. The summed E-state index contributed by atoms with van der Waals surface area (Å²) in [5, 5.41) is 2.94. The maximum Gasteiger partial charge on any atom is 0.238 e. The molecule has 1 aliphatic rings. The molecule has 126 valence electrons. The Bertz CT molecular complexity index is 707. The summed E-state index contributed by atoms with van der Waals surface area (Å²) in [7, 11) is 0. The molecule has 1 aliphatic heterocycles. The number of hydrogen-bond acceptors (Lipinski definition) is 5. The summed E-state index contributed by atoms with van der Waals surface area (Å²) in [6, 6.07) is 5.85. The van der Waals surface area contributed by atoms with Gasteiger partial charge in [0.1, 0.15) is 5.82 Å². The van der Waals surface area contributed by atoms with Crippen LogP contribution in [0.5, 0.6) is 0 Å². The van der Waals surface area contributed by atoms with E-state index in [4.69, 9.17) is 11.6 Å². The van der Waals surface area contributed by atoms with Gasteiger partial charge in [0.2, 0.25) is 11.9 Å². The molecule has 24 heavy (non-hydrogen) atoms. The Kier molecular flexibility index (Phi) is 5.22. The van der Waals surface area contributed by atoms with Crippen LogP contribution in [-0.4, -0.2) is 53.5 Å². The minimum absolute atomic E-state index is 0.101. The molecular weight excluding hydrogens is 333 g/mol.